The van der Waals surface area contributed by atoms with Crippen molar-refractivity contribution in [3.05, 3.63) is 36.3 Å². The zero-order valence-electron chi connectivity index (χ0n) is 12.1. The van der Waals surface area contributed by atoms with Gasteiger partial charge in [-0.25, -0.2) is 0 Å². The van der Waals surface area contributed by atoms with Crippen molar-refractivity contribution in [3.8, 4) is 0 Å². The number of hydrogen-bond donors (Lipinski definition) is 1. The molecule has 110 valence electrons. The summed E-state index contributed by atoms with van der Waals surface area (Å²) in [6.45, 7) is 9.20. The van der Waals surface area contributed by atoms with Crippen LogP contribution in [0.2, 0.25) is 0 Å². The first-order chi connectivity index (χ1) is 9.63. The minimum atomic E-state index is -0.252. The predicted octanol–water partition coefficient (Wildman–Crippen LogP) is 1.73. The van der Waals surface area contributed by atoms with Crippen LogP contribution in [0.25, 0.3) is 0 Å². The lowest BCUT2D eigenvalue weighted by molar-refractivity contribution is -0.125. The number of carbonyl (C=O) groups is 2. The summed E-state index contributed by atoms with van der Waals surface area (Å²) < 4.78 is 5.62. The fourth-order valence-electron chi connectivity index (χ4n) is 2.18. The molecule has 0 aromatic heterocycles. The first-order valence-corrected chi connectivity index (χ1v) is 6.75. The van der Waals surface area contributed by atoms with Gasteiger partial charge in [0.2, 0.25) is 12.3 Å². The second-order valence-electron chi connectivity index (χ2n) is 4.57. The largest absolute Gasteiger partial charge is 0.490 e. The summed E-state index contributed by atoms with van der Waals surface area (Å²) in [5.74, 6) is 0.552. The topological polar surface area (TPSA) is 58.6 Å². The van der Waals surface area contributed by atoms with E-state index in [-0.39, 0.29) is 11.9 Å². The zero-order valence-corrected chi connectivity index (χ0v) is 12.1. The third-order valence-electron chi connectivity index (χ3n) is 3.20. The molecule has 1 rings (SSSR count). The van der Waals surface area contributed by atoms with Gasteiger partial charge in [0.25, 0.3) is 0 Å². The molecular weight excluding hydrogens is 256 g/mol. The van der Waals surface area contributed by atoms with Crippen molar-refractivity contribution in [2.45, 2.75) is 32.7 Å². The quantitative estimate of drug-likeness (QED) is 0.721. The standard InChI is InChI=1S/C15H22N2O3/c1-4-6-14-13(5-2)17(9-10-20-14)12(3)7-8-15(19)16-11-18/h4-6,11-12H,2,7-10H2,1,3H3,(H,16,18,19)/b6-4-. The third kappa shape index (κ3) is 4.26. The zero-order chi connectivity index (χ0) is 15.0. The maximum atomic E-state index is 11.3. The molecule has 0 fully saturated rings. The number of imide groups is 1. The SMILES string of the molecule is C=CC1=C(/C=C\C)OCCN1C(C)CCC(=O)NC=O. The molecule has 5 heteroatoms. The Morgan fingerprint density at radius 3 is 2.95 bits per heavy atom. The highest BCUT2D eigenvalue weighted by Gasteiger charge is 2.22. The van der Waals surface area contributed by atoms with Crippen LogP contribution in [0.15, 0.2) is 36.3 Å². The van der Waals surface area contributed by atoms with E-state index in [0.717, 1.165) is 18.0 Å². The van der Waals surface area contributed by atoms with Gasteiger partial charge in [0.15, 0.2) is 0 Å². The Labute approximate surface area is 120 Å². The maximum absolute atomic E-state index is 11.3. The molecule has 2 amide bonds. The van der Waals surface area contributed by atoms with E-state index in [1.807, 2.05) is 19.1 Å². The van der Waals surface area contributed by atoms with E-state index >= 15 is 0 Å². The molecule has 0 bridgehead atoms. The minimum Gasteiger partial charge on any atom is -0.490 e. The van der Waals surface area contributed by atoms with Gasteiger partial charge in [0, 0.05) is 12.5 Å². The van der Waals surface area contributed by atoms with Crippen LogP contribution in [0, 0.1) is 0 Å². The van der Waals surface area contributed by atoms with E-state index < -0.39 is 0 Å². The summed E-state index contributed by atoms with van der Waals surface area (Å²) in [7, 11) is 0. The molecule has 20 heavy (non-hydrogen) atoms. The molecule has 0 radical (unpaired) electrons. The normalized spacial score (nSPS) is 16.8. The van der Waals surface area contributed by atoms with Crippen LogP contribution >= 0.6 is 0 Å². The van der Waals surface area contributed by atoms with Gasteiger partial charge >= 0.3 is 0 Å². The number of ether oxygens (including phenoxy) is 1. The lowest BCUT2D eigenvalue weighted by Crippen LogP contribution is -2.39. The first kappa shape index (κ1) is 16.0. The molecule has 1 atom stereocenters. The highest BCUT2D eigenvalue weighted by atomic mass is 16.5. The summed E-state index contributed by atoms with van der Waals surface area (Å²) in [6.07, 6.45) is 7.01. The smallest absolute Gasteiger partial charge is 0.226 e. The first-order valence-electron chi connectivity index (χ1n) is 6.75. The molecule has 0 aliphatic carbocycles. The molecule has 0 aromatic carbocycles. The lowest BCUT2D eigenvalue weighted by Gasteiger charge is -2.36. The van der Waals surface area contributed by atoms with Gasteiger partial charge in [-0.15, -0.1) is 0 Å². The maximum Gasteiger partial charge on any atom is 0.226 e. The van der Waals surface area contributed by atoms with Crippen LogP contribution in [0.5, 0.6) is 0 Å². The van der Waals surface area contributed by atoms with Gasteiger partial charge in [-0.2, -0.15) is 0 Å². The van der Waals surface area contributed by atoms with E-state index in [9.17, 15) is 9.59 Å². The number of rotatable bonds is 7. The van der Waals surface area contributed by atoms with E-state index in [1.165, 1.54) is 0 Å². The highest BCUT2D eigenvalue weighted by molar-refractivity contribution is 5.85. The lowest BCUT2D eigenvalue weighted by atomic mass is 10.1. The van der Waals surface area contributed by atoms with Crippen molar-refractivity contribution >= 4 is 12.3 Å². The number of nitrogens with zero attached hydrogens (tertiary/aromatic N) is 1. The number of hydrogen-bond acceptors (Lipinski definition) is 4. The molecule has 1 unspecified atom stereocenters. The van der Waals surface area contributed by atoms with Crippen molar-refractivity contribution in [3.63, 3.8) is 0 Å². The van der Waals surface area contributed by atoms with Gasteiger partial charge in [-0.05, 0) is 32.4 Å². The molecule has 0 aromatic rings. The van der Waals surface area contributed by atoms with Crippen LogP contribution in [-0.2, 0) is 14.3 Å². The van der Waals surface area contributed by atoms with Crippen LogP contribution in [0.1, 0.15) is 26.7 Å². The van der Waals surface area contributed by atoms with Gasteiger partial charge < -0.3 is 9.64 Å². The Morgan fingerprint density at radius 2 is 2.35 bits per heavy atom. The van der Waals surface area contributed by atoms with Gasteiger partial charge in [0.1, 0.15) is 12.4 Å². The van der Waals surface area contributed by atoms with Crippen molar-refractivity contribution in [2.75, 3.05) is 13.2 Å². The summed E-state index contributed by atoms with van der Waals surface area (Å²) in [5, 5.41) is 2.15. The van der Waals surface area contributed by atoms with Crippen molar-refractivity contribution < 1.29 is 14.3 Å². The summed E-state index contributed by atoms with van der Waals surface area (Å²) >= 11 is 0. The summed E-state index contributed by atoms with van der Waals surface area (Å²) in [4.78, 5) is 23.7. The van der Waals surface area contributed by atoms with E-state index in [1.54, 1.807) is 6.08 Å². The molecule has 0 saturated heterocycles. The molecule has 1 N–H and O–H groups in total. The fraction of sp³-hybridized carbons (Fsp3) is 0.467. The Balaban J connectivity index is 2.72. The van der Waals surface area contributed by atoms with Crippen molar-refractivity contribution in [1.29, 1.82) is 0 Å². The second kappa shape index (κ2) is 8.19. The third-order valence-corrected chi connectivity index (χ3v) is 3.20. The Morgan fingerprint density at radius 1 is 1.60 bits per heavy atom. The Hall–Kier alpha value is -2.04. The van der Waals surface area contributed by atoms with Crippen molar-refractivity contribution in [1.82, 2.24) is 10.2 Å². The van der Waals surface area contributed by atoms with Gasteiger partial charge in [-0.1, -0.05) is 12.7 Å². The average Bonchev–Trinajstić information content (AvgIpc) is 2.45. The van der Waals surface area contributed by atoms with Crippen LogP contribution < -0.4 is 5.32 Å². The monoisotopic (exact) mass is 278 g/mol. The number of carbonyl (C=O) groups excluding carboxylic acids is 2. The highest BCUT2D eigenvalue weighted by Crippen LogP contribution is 2.23. The Bertz CT molecular complexity index is 427. The van der Waals surface area contributed by atoms with E-state index in [0.29, 0.717) is 25.9 Å². The molecule has 1 aliphatic heterocycles. The van der Waals surface area contributed by atoms with Gasteiger partial charge in [0.05, 0.1) is 12.2 Å². The average molecular weight is 278 g/mol. The van der Waals surface area contributed by atoms with E-state index in [2.05, 4.69) is 23.7 Å². The molecular formula is C15H22N2O3. The fourth-order valence-corrected chi connectivity index (χ4v) is 2.18. The van der Waals surface area contributed by atoms with Crippen molar-refractivity contribution in [2.24, 2.45) is 0 Å². The number of allylic oxidation sites excluding steroid dienone is 3. The second-order valence-corrected chi connectivity index (χ2v) is 4.57. The molecule has 1 heterocycles. The predicted molar refractivity (Wildman–Crippen MR) is 77.6 cm³/mol. The Kier molecular flexibility index (Phi) is 6.56. The molecule has 0 saturated carbocycles. The molecule has 0 spiro atoms. The van der Waals surface area contributed by atoms with E-state index in [4.69, 9.17) is 4.74 Å². The summed E-state index contributed by atoms with van der Waals surface area (Å²) in [6, 6.07) is 0.171. The van der Waals surface area contributed by atoms with Crippen LogP contribution in [-0.4, -0.2) is 36.4 Å². The molecule has 1 aliphatic rings. The van der Waals surface area contributed by atoms with Gasteiger partial charge in [-0.3, -0.25) is 14.9 Å². The number of amides is 2. The van der Waals surface area contributed by atoms with Crippen LogP contribution in [0.3, 0.4) is 0 Å². The summed E-state index contributed by atoms with van der Waals surface area (Å²) in [5.41, 5.74) is 0.942. The number of nitrogens with one attached hydrogen (secondary N) is 1. The minimum absolute atomic E-state index is 0.171. The molecule has 5 nitrogen and oxygen atoms in total. The van der Waals surface area contributed by atoms with Crippen LogP contribution in [0.4, 0.5) is 0 Å².